The van der Waals surface area contributed by atoms with Crippen LogP contribution in [-0.4, -0.2) is 50.9 Å². The van der Waals surface area contributed by atoms with Crippen LogP contribution in [0.25, 0.3) is 0 Å². The molecule has 0 bridgehead atoms. The average molecular weight is 394 g/mol. The fourth-order valence-electron chi connectivity index (χ4n) is 4.12. The SMILES string of the molecule is O=C(O)CNC(=O)c1c(O)n(C2CCCNC2)c(=O)n(C2CCCCC2)c1=O. The van der Waals surface area contributed by atoms with Gasteiger partial charge in [-0.2, -0.15) is 0 Å². The number of carbonyl (C=O) groups is 2. The van der Waals surface area contributed by atoms with E-state index in [4.69, 9.17) is 5.11 Å². The maximum Gasteiger partial charge on any atom is 0.334 e. The van der Waals surface area contributed by atoms with Gasteiger partial charge in [-0.05, 0) is 32.2 Å². The maximum atomic E-state index is 13.2. The number of carboxylic acids is 1. The van der Waals surface area contributed by atoms with Gasteiger partial charge >= 0.3 is 11.7 Å². The van der Waals surface area contributed by atoms with Crippen molar-refractivity contribution in [3.05, 3.63) is 26.4 Å². The summed E-state index contributed by atoms with van der Waals surface area (Å²) in [5.74, 6) is -2.96. The smallest absolute Gasteiger partial charge is 0.334 e. The van der Waals surface area contributed by atoms with E-state index in [1.807, 2.05) is 0 Å². The second-order valence-electron chi connectivity index (χ2n) is 7.39. The van der Waals surface area contributed by atoms with Gasteiger partial charge in [-0.15, -0.1) is 0 Å². The standard InChI is InChI=1S/C18H26N4O6/c23-13(24)10-20-15(25)14-16(26)21(11-5-2-1-3-6-11)18(28)22(17(14)27)12-7-4-8-19-9-12/h11-12,19,27H,1-10H2,(H,20,25)(H,23,24). The molecule has 1 aliphatic heterocycles. The predicted molar refractivity (Wildman–Crippen MR) is 99.9 cm³/mol. The Hall–Kier alpha value is -2.62. The molecule has 2 aliphatic rings. The van der Waals surface area contributed by atoms with Gasteiger partial charge in [0, 0.05) is 12.6 Å². The summed E-state index contributed by atoms with van der Waals surface area (Å²) < 4.78 is 2.21. The Balaban J connectivity index is 2.14. The van der Waals surface area contributed by atoms with Crippen LogP contribution in [0, 0.1) is 0 Å². The number of carbonyl (C=O) groups excluding carboxylic acids is 1. The molecule has 0 spiro atoms. The normalized spacial score (nSPS) is 20.6. The van der Waals surface area contributed by atoms with Gasteiger partial charge in [0.15, 0.2) is 5.56 Å². The molecule has 0 aromatic carbocycles. The summed E-state index contributed by atoms with van der Waals surface area (Å²) in [5, 5.41) is 24.7. The molecule has 4 N–H and O–H groups in total. The van der Waals surface area contributed by atoms with Crippen molar-refractivity contribution in [2.75, 3.05) is 19.6 Å². The Morgan fingerprint density at radius 1 is 1.04 bits per heavy atom. The molecule has 1 aromatic rings. The molecule has 1 saturated carbocycles. The molecule has 2 fully saturated rings. The van der Waals surface area contributed by atoms with Crippen LogP contribution in [0.4, 0.5) is 0 Å². The fourth-order valence-corrected chi connectivity index (χ4v) is 4.12. The summed E-state index contributed by atoms with van der Waals surface area (Å²) in [6.07, 6.45) is 5.50. The highest BCUT2D eigenvalue weighted by Gasteiger charge is 2.31. The fraction of sp³-hybridized carbons (Fsp3) is 0.667. The summed E-state index contributed by atoms with van der Waals surface area (Å²) in [4.78, 5) is 49.4. The molecule has 28 heavy (non-hydrogen) atoms. The van der Waals surface area contributed by atoms with E-state index in [9.17, 15) is 24.3 Å². The number of carboxylic acid groups (broad SMARTS) is 1. The number of aliphatic carboxylic acids is 1. The summed E-state index contributed by atoms with van der Waals surface area (Å²) in [6.45, 7) is 0.540. The number of piperidine rings is 1. The molecule has 1 unspecified atom stereocenters. The molecule has 10 nitrogen and oxygen atoms in total. The third kappa shape index (κ3) is 3.96. The zero-order chi connectivity index (χ0) is 20.3. The molecule has 10 heteroatoms. The summed E-state index contributed by atoms with van der Waals surface area (Å²) in [6, 6.07) is -0.717. The first-order chi connectivity index (χ1) is 13.4. The molecule has 0 radical (unpaired) electrons. The molecule has 1 saturated heterocycles. The van der Waals surface area contributed by atoms with Gasteiger partial charge in [0.1, 0.15) is 6.54 Å². The molecule has 2 heterocycles. The van der Waals surface area contributed by atoms with Gasteiger partial charge in [-0.1, -0.05) is 19.3 Å². The molecule has 1 atom stereocenters. The molecule has 1 amide bonds. The van der Waals surface area contributed by atoms with Crippen LogP contribution in [0.3, 0.4) is 0 Å². The molecular weight excluding hydrogens is 368 g/mol. The lowest BCUT2D eigenvalue weighted by Gasteiger charge is -2.29. The summed E-state index contributed by atoms with van der Waals surface area (Å²) in [5.41, 5.74) is -2.05. The zero-order valence-electron chi connectivity index (χ0n) is 15.6. The first-order valence-corrected chi connectivity index (χ1v) is 9.72. The van der Waals surface area contributed by atoms with Crippen molar-refractivity contribution in [1.82, 2.24) is 19.8 Å². The number of nitrogens with zero attached hydrogens (tertiary/aromatic N) is 2. The first-order valence-electron chi connectivity index (χ1n) is 9.72. The van der Waals surface area contributed by atoms with Crippen LogP contribution >= 0.6 is 0 Å². The molecular formula is C18H26N4O6. The maximum absolute atomic E-state index is 13.2. The van der Waals surface area contributed by atoms with E-state index in [2.05, 4.69) is 10.6 Å². The number of amides is 1. The highest BCUT2D eigenvalue weighted by Crippen LogP contribution is 2.28. The predicted octanol–water partition coefficient (Wildman–Crippen LogP) is -0.0403. The quantitative estimate of drug-likeness (QED) is 0.549. The van der Waals surface area contributed by atoms with Gasteiger partial charge in [0.25, 0.3) is 11.5 Å². The molecule has 1 aromatic heterocycles. The average Bonchev–Trinajstić information content (AvgIpc) is 2.68. The third-order valence-corrected chi connectivity index (χ3v) is 5.50. The number of aromatic nitrogens is 2. The Bertz CT molecular complexity index is 862. The van der Waals surface area contributed by atoms with Gasteiger partial charge < -0.3 is 20.8 Å². The van der Waals surface area contributed by atoms with Gasteiger partial charge in [-0.3, -0.25) is 23.5 Å². The van der Waals surface area contributed by atoms with Gasteiger partial charge in [-0.25, -0.2) is 4.79 Å². The van der Waals surface area contributed by atoms with Crippen molar-refractivity contribution in [2.24, 2.45) is 0 Å². The van der Waals surface area contributed by atoms with E-state index >= 15 is 0 Å². The topological polar surface area (TPSA) is 143 Å². The largest absolute Gasteiger partial charge is 0.494 e. The van der Waals surface area contributed by atoms with Crippen molar-refractivity contribution < 1.29 is 19.8 Å². The highest BCUT2D eigenvalue weighted by molar-refractivity contribution is 5.97. The van der Waals surface area contributed by atoms with Crippen LogP contribution in [-0.2, 0) is 4.79 Å². The molecule has 154 valence electrons. The molecule has 3 rings (SSSR count). The summed E-state index contributed by atoms with van der Waals surface area (Å²) in [7, 11) is 0. The van der Waals surface area contributed by atoms with E-state index in [1.54, 1.807) is 0 Å². The number of hydrogen-bond acceptors (Lipinski definition) is 6. The second kappa shape index (κ2) is 8.59. The van der Waals surface area contributed by atoms with Gasteiger partial charge in [0.05, 0.1) is 6.04 Å². The van der Waals surface area contributed by atoms with Crippen LogP contribution in [0.1, 0.15) is 67.4 Å². The van der Waals surface area contributed by atoms with Crippen molar-refractivity contribution in [2.45, 2.75) is 57.0 Å². The van der Waals surface area contributed by atoms with Crippen molar-refractivity contribution >= 4 is 11.9 Å². The van der Waals surface area contributed by atoms with E-state index in [0.29, 0.717) is 25.8 Å². The van der Waals surface area contributed by atoms with Crippen LogP contribution in [0.2, 0.25) is 0 Å². The zero-order valence-corrected chi connectivity index (χ0v) is 15.6. The molecule has 1 aliphatic carbocycles. The Labute approximate surface area is 161 Å². The first kappa shape index (κ1) is 20.1. The Morgan fingerprint density at radius 3 is 2.32 bits per heavy atom. The van der Waals surface area contributed by atoms with E-state index in [-0.39, 0.29) is 12.1 Å². The number of aromatic hydroxyl groups is 1. The lowest BCUT2D eigenvalue weighted by atomic mass is 9.95. The Morgan fingerprint density at radius 2 is 1.71 bits per heavy atom. The second-order valence-corrected chi connectivity index (χ2v) is 7.39. The lowest BCUT2D eigenvalue weighted by Crippen LogP contribution is -2.49. The van der Waals surface area contributed by atoms with Gasteiger partial charge in [0.2, 0.25) is 5.88 Å². The minimum Gasteiger partial charge on any atom is -0.494 e. The highest BCUT2D eigenvalue weighted by atomic mass is 16.4. The van der Waals surface area contributed by atoms with Crippen LogP contribution < -0.4 is 21.9 Å². The lowest BCUT2D eigenvalue weighted by molar-refractivity contribution is -0.135. The number of hydrogen-bond donors (Lipinski definition) is 4. The number of rotatable bonds is 5. The van der Waals surface area contributed by atoms with Crippen molar-refractivity contribution in [3.63, 3.8) is 0 Å². The Kier molecular flexibility index (Phi) is 6.18. The summed E-state index contributed by atoms with van der Waals surface area (Å²) >= 11 is 0. The third-order valence-electron chi connectivity index (χ3n) is 5.50. The van der Waals surface area contributed by atoms with Crippen LogP contribution in [0.5, 0.6) is 5.88 Å². The number of nitrogens with one attached hydrogen (secondary N) is 2. The monoisotopic (exact) mass is 394 g/mol. The van der Waals surface area contributed by atoms with E-state index < -0.39 is 41.1 Å². The van der Waals surface area contributed by atoms with E-state index in [0.717, 1.165) is 41.4 Å². The van der Waals surface area contributed by atoms with Crippen LogP contribution in [0.15, 0.2) is 9.59 Å². The van der Waals surface area contributed by atoms with Crippen molar-refractivity contribution in [3.8, 4) is 5.88 Å². The minimum absolute atomic E-state index is 0.330. The minimum atomic E-state index is -1.27. The van der Waals surface area contributed by atoms with Crippen molar-refractivity contribution in [1.29, 1.82) is 0 Å². The van der Waals surface area contributed by atoms with E-state index in [1.165, 1.54) is 0 Å².